The van der Waals surface area contributed by atoms with Gasteiger partial charge in [0, 0.05) is 30.3 Å². The summed E-state index contributed by atoms with van der Waals surface area (Å²) in [6.07, 6.45) is 5.79. The van der Waals surface area contributed by atoms with Crippen LogP contribution in [0, 0.1) is 11.8 Å². The lowest BCUT2D eigenvalue weighted by atomic mass is 9.78. The third-order valence-electron chi connectivity index (χ3n) is 8.82. The molecular weight excluding hydrogens is 617 g/mol. The Labute approximate surface area is 277 Å². The number of anilines is 1. The van der Waals surface area contributed by atoms with Gasteiger partial charge in [-0.1, -0.05) is 44.5 Å². The van der Waals surface area contributed by atoms with E-state index in [1.54, 1.807) is 24.4 Å². The van der Waals surface area contributed by atoms with Gasteiger partial charge in [-0.2, -0.15) is 0 Å². The summed E-state index contributed by atoms with van der Waals surface area (Å²) in [4.78, 5) is 26.4. The molecule has 5 atom stereocenters. The minimum Gasteiger partial charge on any atom is -0.463 e. The van der Waals surface area contributed by atoms with E-state index in [1.165, 1.54) is 0 Å². The molecule has 0 radical (unpaired) electrons. The molecule has 0 saturated heterocycles. The molecule has 1 saturated carbocycles. The topological polar surface area (TPSA) is 141 Å². The van der Waals surface area contributed by atoms with E-state index in [-0.39, 0.29) is 48.1 Å². The monoisotopic (exact) mass is 665 g/mol. The number of fused-ring (bicyclic) bond motifs is 3. The maximum atomic E-state index is 14.7. The summed E-state index contributed by atoms with van der Waals surface area (Å²) >= 11 is 0. The number of aromatic nitrogens is 4. The lowest BCUT2D eigenvalue weighted by Gasteiger charge is -2.41. The second-order valence-corrected chi connectivity index (χ2v) is 14.8. The van der Waals surface area contributed by atoms with Gasteiger partial charge in [-0.3, -0.25) is 9.32 Å². The maximum Gasteiger partial charge on any atom is 0.383 e. The van der Waals surface area contributed by atoms with Crippen molar-refractivity contribution in [1.29, 1.82) is 0 Å². The molecule has 0 amide bonds. The van der Waals surface area contributed by atoms with Crippen LogP contribution in [0.5, 0.6) is 5.88 Å². The predicted octanol–water partition coefficient (Wildman–Crippen LogP) is 7.87. The number of rotatable bonds is 17. The molecule has 2 N–H and O–H groups in total. The number of hydrogen-bond acceptors (Lipinski definition) is 10. The fourth-order valence-electron chi connectivity index (χ4n) is 6.47. The first-order valence-electron chi connectivity index (χ1n) is 16.8. The Kier molecular flexibility index (Phi) is 11.5. The first-order valence-corrected chi connectivity index (χ1v) is 18.4. The molecule has 1 fully saturated rings. The summed E-state index contributed by atoms with van der Waals surface area (Å²) in [5.74, 6) is 0.832. The summed E-state index contributed by atoms with van der Waals surface area (Å²) in [6.45, 7) is 10.7. The van der Waals surface area contributed by atoms with E-state index >= 15 is 0 Å². The van der Waals surface area contributed by atoms with Crippen molar-refractivity contribution in [2.75, 3.05) is 18.9 Å². The largest absolute Gasteiger partial charge is 0.463 e. The minimum absolute atomic E-state index is 0.00271. The van der Waals surface area contributed by atoms with Crippen molar-refractivity contribution < 1.29 is 27.9 Å². The molecule has 1 aliphatic carbocycles. The van der Waals surface area contributed by atoms with Crippen molar-refractivity contribution in [1.82, 2.24) is 19.5 Å². The highest BCUT2D eigenvalue weighted by Crippen LogP contribution is 2.62. The third-order valence-corrected chi connectivity index (χ3v) is 11.3. The van der Waals surface area contributed by atoms with Gasteiger partial charge in [0.2, 0.25) is 5.88 Å². The van der Waals surface area contributed by atoms with Crippen LogP contribution in [-0.2, 0) is 30.0 Å². The van der Waals surface area contributed by atoms with E-state index in [4.69, 9.17) is 29.2 Å². The van der Waals surface area contributed by atoms with Crippen LogP contribution in [0.25, 0.3) is 21.9 Å². The number of imidazole rings is 1. The number of pyridine rings is 2. The molecule has 0 aliphatic heterocycles. The van der Waals surface area contributed by atoms with Crippen molar-refractivity contribution in [3.8, 4) is 5.88 Å². The van der Waals surface area contributed by atoms with Crippen LogP contribution < -0.4 is 10.3 Å². The molecule has 3 aromatic heterocycles. The van der Waals surface area contributed by atoms with E-state index in [1.807, 2.05) is 52.0 Å². The van der Waals surface area contributed by atoms with Gasteiger partial charge >= 0.3 is 13.6 Å². The average Bonchev–Trinajstić information content (AvgIpc) is 3.42. The number of benzene rings is 1. The second kappa shape index (κ2) is 15.6. The Balaban J connectivity index is 1.42. The highest BCUT2D eigenvalue weighted by atomic mass is 31.2. The number of carbonyl (C=O) groups is 1. The molecule has 1 aromatic carbocycles. The Morgan fingerprint density at radius 1 is 1.06 bits per heavy atom. The third kappa shape index (κ3) is 7.96. The average molecular weight is 666 g/mol. The van der Waals surface area contributed by atoms with E-state index in [9.17, 15) is 9.36 Å². The van der Waals surface area contributed by atoms with Crippen LogP contribution in [-0.4, -0.2) is 50.5 Å². The molecule has 12 heteroatoms. The minimum atomic E-state index is -3.69. The second-order valence-electron chi connectivity index (χ2n) is 12.6. The Morgan fingerprint density at radius 3 is 2.53 bits per heavy atom. The fraction of sp³-hybridized carbons (Fsp3) is 0.543. The molecule has 47 heavy (non-hydrogen) atoms. The lowest BCUT2D eigenvalue weighted by Crippen LogP contribution is -2.36. The molecule has 11 nitrogen and oxygen atoms in total. The van der Waals surface area contributed by atoms with Gasteiger partial charge in [-0.05, 0) is 70.9 Å². The molecule has 5 rings (SSSR count). The number of ether oxygens (including phenoxy) is 2. The summed E-state index contributed by atoms with van der Waals surface area (Å²) in [6, 6.07) is 13.1. The van der Waals surface area contributed by atoms with Crippen molar-refractivity contribution >= 4 is 41.3 Å². The molecule has 3 unspecified atom stereocenters. The van der Waals surface area contributed by atoms with Crippen LogP contribution in [0.15, 0.2) is 48.7 Å². The predicted molar refractivity (Wildman–Crippen MR) is 183 cm³/mol. The van der Waals surface area contributed by atoms with Gasteiger partial charge in [-0.15, -0.1) is 0 Å². The number of esters is 1. The van der Waals surface area contributed by atoms with Crippen LogP contribution in [0.4, 0.5) is 5.82 Å². The van der Waals surface area contributed by atoms with E-state index < -0.39 is 7.60 Å². The molecule has 3 heterocycles. The first kappa shape index (κ1) is 34.8. The highest BCUT2D eigenvalue weighted by molar-refractivity contribution is 7.55. The maximum absolute atomic E-state index is 14.7. The summed E-state index contributed by atoms with van der Waals surface area (Å²) in [5, 5.41) is 0.959. The molecular formula is C35H48N5O6P. The number of para-hydroxylation sites is 1. The zero-order chi connectivity index (χ0) is 33.6. The molecule has 1 aliphatic rings. The van der Waals surface area contributed by atoms with E-state index in [2.05, 4.69) is 21.5 Å². The number of nitrogen functional groups attached to an aromatic ring is 1. The smallest absolute Gasteiger partial charge is 0.383 e. The van der Waals surface area contributed by atoms with Crippen LogP contribution in [0.2, 0.25) is 0 Å². The van der Waals surface area contributed by atoms with Gasteiger partial charge in [0.25, 0.3) is 0 Å². The normalized spacial score (nSPS) is 18.9. The van der Waals surface area contributed by atoms with Gasteiger partial charge in [0.15, 0.2) is 5.82 Å². The molecule has 4 aromatic rings. The van der Waals surface area contributed by atoms with Crippen molar-refractivity contribution in [3.63, 3.8) is 0 Å². The lowest BCUT2D eigenvalue weighted by molar-refractivity contribution is -0.152. The standard InChI is InChI=1S/C35H48N5O6P/c1-6-12-26(40-30(22-43-7-2)39-32-33(40)27-13-8-9-14-28(27)38-34(32)36)18-20-44-47(42,46-31-15-10-11-19-37-31)29-17-16-25(29)21-24(5)35(41)45-23(3)4/h8-11,13-15,19,23-26,29H,6-7,12,16-18,20-22H2,1-5H3,(H2,36,38)/t24-,25?,26+,29?,47?/m1/s1. The van der Waals surface area contributed by atoms with Crippen LogP contribution in [0.1, 0.15) is 85.0 Å². The van der Waals surface area contributed by atoms with Crippen molar-refractivity contribution in [2.24, 2.45) is 11.8 Å². The quantitative estimate of drug-likeness (QED) is 0.0875. The highest BCUT2D eigenvalue weighted by Gasteiger charge is 2.49. The van der Waals surface area contributed by atoms with Crippen molar-refractivity contribution in [2.45, 2.75) is 97.6 Å². The van der Waals surface area contributed by atoms with Crippen molar-refractivity contribution in [3.05, 3.63) is 54.5 Å². The van der Waals surface area contributed by atoms with E-state index in [0.29, 0.717) is 43.8 Å². The fourth-order valence-corrected chi connectivity index (χ4v) is 8.83. The summed E-state index contributed by atoms with van der Waals surface area (Å²) in [7, 11) is -3.69. The zero-order valence-electron chi connectivity index (χ0n) is 28.1. The molecule has 0 spiro atoms. The summed E-state index contributed by atoms with van der Waals surface area (Å²) < 4.78 is 40.7. The van der Waals surface area contributed by atoms with Gasteiger partial charge in [0.05, 0.1) is 35.3 Å². The van der Waals surface area contributed by atoms with E-state index in [0.717, 1.165) is 41.5 Å². The van der Waals surface area contributed by atoms with Gasteiger partial charge < -0.3 is 24.3 Å². The van der Waals surface area contributed by atoms with Crippen LogP contribution >= 0.6 is 7.60 Å². The number of carbonyl (C=O) groups excluding carboxylic acids is 1. The van der Waals surface area contributed by atoms with Gasteiger partial charge in [-0.25, -0.2) is 19.5 Å². The number of hydrogen-bond donors (Lipinski definition) is 1. The Hall–Kier alpha value is -3.53. The number of nitrogens with two attached hydrogens (primary N) is 1. The van der Waals surface area contributed by atoms with Crippen LogP contribution in [0.3, 0.4) is 0 Å². The van der Waals surface area contributed by atoms with Gasteiger partial charge in [0.1, 0.15) is 17.9 Å². The zero-order valence-corrected chi connectivity index (χ0v) is 29.0. The Bertz CT molecular complexity index is 1700. The number of nitrogens with zero attached hydrogens (tertiary/aromatic N) is 4. The molecule has 0 bridgehead atoms. The summed E-state index contributed by atoms with van der Waals surface area (Å²) in [5.41, 5.74) is 8.45. The SMILES string of the molecule is CCC[C@@H](CCOP(=O)(Oc1ccccn1)C1CCC1C[C@@H](C)C(=O)OC(C)C)n1c(COCC)nc2c(N)nc3ccccc3c21. The Morgan fingerprint density at radius 2 is 1.85 bits per heavy atom. The molecule has 254 valence electrons. The first-order chi connectivity index (χ1) is 22.6.